The maximum Gasteiger partial charge on any atom is 0.325 e. The number of carbonyl (C=O) groups is 2. The van der Waals surface area contributed by atoms with E-state index in [2.05, 4.69) is 10.3 Å². The van der Waals surface area contributed by atoms with Gasteiger partial charge in [0.2, 0.25) is 0 Å². The Balaban J connectivity index is 1.79. The van der Waals surface area contributed by atoms with Crippen molar-refractivity contribution in [2.24, 2.45) is 0 Å². The molecule has 0 aliphatic rings. The Kier molecular flexibility index (Phi) is 7.34. The van der Waals surface area contributed by atoms with Gasteiger partial charge >= 0.3 is 5.97 Å². The summed E-state index contributed by atoms with van der Waals surface area (Å²) >= 11 is 0. The number of allylic oxidation sites excluding steroid dienone is 1. The van der Waals surface area contributed by atoms with Gasteiger partial charge in [-0.05, 0) is 77.2 Å². The highest BCUT2D eigenvalue weighted by molar-refractivity contribution is 6.03. The summed E-state index contributed by atoms with van der Waals surface area (Å²) in [5, 5.41) is 11.6. The molecule has 1 amide bonds. The Labute approximate surface area is 206 Å². The average molecular weight is 488 g/mol. The second-order valence-electron chi connectivity index (χ2n) is 8.26. The van der Waals surface area contributed by atoms with Crippen molar-refractivity contribution in [3.63, 3.8) is 0 Å². The number of hydrogen-bond donors (Lipinski definition) is 2. The Morgan fingerprint density at radius 1 is 1.03 bits per heavy atom. The zero-order chi connectivity index (χ0) is 25.7. The lowest BCUT2D eigenvalue weighted by Crippen LogP contribution is -2.38. The fourth-order valence-corrected chi connectivity index (χ4v) is 3.72. The summed E-state index contributed by atoms with van der Waals surface area (Å²) in [6.07, 6.45) is 7.08. The number of rotatable bonds is 8. The van der Waals surface area contributed by atoms with E-state index in [-0.39, 0.29) is 11.4 Å². The number of amides is 1. The van der Waals surface area contributed by atoms with Crippen molar-refractivity contribution in [1.29, 1.82) is 0 Å². The molecule has 0 aliphatic heterocycles. The van der Waals surface area contributed by atoms with Crippen molar-refractivity contribution < 1.29 is 23.5 Å². The SMILES string of the molecule is CC(NC(=O)c1ccc(/C=C(\Cn2ccnc2)c2ccc(F)cc2)cc1-c1ccc(F)cc1)C(=O)O. The Morgan fingerprint density at radius 3 is 2.31 bits per heavy atom. The summed E-state index contributed by atoms with van der Waals surface area (Å²) in [6.45, 7) is 1.84. The Hall–Kier alpha value is -4.59. The van der Waals surface area contributed by atoms with Gasteiger partial charge < -0.3 is 15.0 Å². The van der Waals surface area contributed by atoms with Crippen LogP contribution < -0.4 is 5.32 Å². The molecule has 8 heteroatoms. The van der Waals surface area contributed by atoms with Gasteiger partial charge in [-0.1, -0.05) is 30.3 Å². The van der Waals surface area contributed by atoms with Crippen LogP contribution in [0.15, 0.2) is 85.5 Å². The Bertz CT molecular complexity index is 1400. The summed E-state index contributed by atoms with van der Waals surface area (Å²) in [5.74, 6) is -2.48. The first-order valence-corrected chi connectivity index (χ1v) is 11.2. The van der Waals surface area contributed by atoms with Crippen LogP contribution in [0.5, 0.6) is 0 Å². The molecule has 0 aliphatic carbocycles. The molecule has 4 rings (SSSR count). The highest BCUT2D eigenvalue weighted by atomic mass is 19.1. The largest absolute Gasteiger partial charge is 0.480 e. The molecule has 0 fully saturated rings. The van der Waals surface area contributed by atoms with Crippen LogP contribution in [0.2, 0.25) is 0 Å². The molecule has 1 heterocycles. The number of carbonyl (C=O) groups excluding carboxylic acids is 1. The second kappa shape index (κ2) is 10.8. The fourth-order valence-electron chi connectivity index (χ4n) is 3.72. The zero-order valence-corrected chi connectivity index (χ0v) is 19.4. The molecular formula is C28H23F2N3O3. The molecule has 2 N–H and O–H groups in total. The number of nitrogens with zero attached hydrogens (tertiary/aromatic N) is 2. The third-order valence-corrected chi connectivity index (χ3v) is 5.63. The quantitative estimate of drug-likeness (QED) is 0.332. The zero-order valence-electron chi connectivity index (χ0n) is 19.4. The number of halogens is 2. The molecule has 182 valence electrons. The highest BCUT2D eigenvalue weighted by Crippen LogP contribution is 2.28. The van der Waals surface area contributed by atoms with Crippen LogP contribution in [0.4, 0.5) is 8.78 Å². The van der Waals surface area contributed by atoms with Crippen LogP contribution in [0.1, 0.15) is 28.4 Å². The number of aromatic nitrogens is 2. The minimum atomic E-state index is -1.16. The van der Waals surface area contributed by atoms with E-state index in [0.29, 0.717) is 17.7 Å². The maximum absolute atomic E-state index is 13.6. The van der Waals surface area contributed by atoms with Crippen molar-refractivity contribution >= 4 is 23.5 Å². The first kappa shape index (κ1) is 24.5. The first-order valence-electron chi connectivity index (χ1n) is 11.2. The van der Waals surface area contributed by atoms with Gasteiger partial charge in [-0.25, -0.2) is 13.8 Å². The number of aliphatic carboxylic acids is 1. The van der Waals surface area contributed by atoms with E-state index in [1.165, 1.54) is 31.2 Å². The van der Waals surface area contributed by atoms with Crippen LogP contribution in [0, 0.1) is 11.6 Å². The van der Waals surface area contributed by atoms with E-state index in [4.69, 9.17) is 0 Å². The molecule has 4 aromatic rings. The number of imidazole rings is 1. The minimum absolute atomic E-state index is 0.254. The first-order chi connectivity index (χ1) is 17.3. The normalized spacial score (nSPS) is 12.2. The van der Waals surface area contributed by atoms with Crippen molar-refractivity contribution in [1.82, 2.24) is 14.9 Å². The van der Waals surface area contributed by atoms with E-state index >= 15 is 0 Å². The van der Waals surface area contributed by atoms with Crippen molar-refractivity contribution in [3.05, 3.63) is 114 Å². The van der Waals surface area contributed by atoms with Gasteiger partial charge in [-0.3, -0.25) is 9.59 Å². The molecule has 1 atom stereocenters. The molecule has 0 radical (unpaired) electrons. The monoisotopic (exact) mass is 487 g/mol. The highest BCUT2D eigenvalue weighted by Gasteiger charge is 2.19. The van der Waals surface area contributed by atoms with Crippen molar-refractivity contribution in [3.8, 4) is 11.1 Å². The lowest BCUT2D eigenvalue weighted by Gasteiger charge is -2.15. The van der Waals surface area contributed by atoms with Crippen LogP contribution in [0.3, 0.4) is 0 Å². The van der Waals surface area contributed by atoms with Gasteiger partial charge in [-0.15, -0.1) is 0 Å². The summed E-state index contributed by atoms with van der Waals surface area (Å²) in [4.78, 5) is 28.2. The van der Waals surface area contributed by atoms with E-state index < -0.39 is 23.7 Å². The van der Waals surface area contributed by atoms with Gasteiger partial charge in [0.15, 0.2) is 0 Å². The molecule has 0 saturated heterocycles. The van der Waals surface area contributed by atoms with Crippen LogP contribution in [-0.2, 0) is 11.3 Å². The summed E-state index contributed by atoms with van der Waals surface area (Å²) in [6, 6.07) is 15.9. The lowest BCUT2D eigenvalue weighted by atomic mass is 9.94. The van der Waals surface area contributed by atoms with E-state index in [1.807, 2.05) is 16.8 Å². The minimum Gasteiger partial charge on any atom is -0.480 e. The van der Waals surface area contributed by atoms with Crippen LogP contribution >= 0.6 is 0 Å². The summed E-state index contributed by atoms with van der Waals surface area (Å²) < 4.78 is 29.0. The van der Waals surface area contributed by atoms with Gasteiger partial charge in [0.1, 0.15) is 17.7 Å². The van der Waals surface area contributed by atoms with Gasteiger partial charge in [0, 0.05) is 24.5 Å². The topological polar surface area (TPSA) is 84.2 Å². The number of benzene rings is 3. The predicted molar refractivity (Wildman–Crippen MR) is 133 cm³/mol. The van der Waals surface area contributed by atoms with E-state index in [0.717, 1.165) is 16.7 Å². The summed E-state index contributed by atoms with van der Waals surface area (Å²) in [7, 11) is 0. The molecule has 0 spiro atoms. The predicted octanol–water partition coefficient (Wildman–Crippen LogP) is 5.27. The number of nitrogens with one attached hydrogen (secondary N) is 1. The molecule has 6 nitrogen and oxygen atoms in total. The van der Waals surface area contributed by atoms with E-state index in [1.54, 1.807) is 55.0 Å². The van der Waals surface area contributed by atoms with Crippen molar-refractivity contribution in [2.75, 3.05) is 0 Å². The standard InChI is InChI=1S/C28H23F2N3O3/c1-18(28(35)36)32-27(34)25-11-2-19(15-26(25)21-5-9-24(30)10-6-21)14-22(16-33-13-12-31-17-33)20-3-7-23(29)8-4-20/h2-15,17-18H,16H2,1H3,(H,32,34)(H,35,36)/b22-14+. The van der Waals surface area contributed by atoms with Gasteiger partial charge in [0.25, 0.3) is 5.91 Å². The molecule has 3 aromatic carbocycles. The van der Waals surface area contributed by atoms with E-state index in [9.17, 15) is 23.5 Å². The Morgan fingerprint density at radius 2 is 1.69 bits per heavy atom. The number of carboxylic acid groups (broad SMARTS) is 1. The fraction of sp³-hybridized carbons (Fsp3) is 0.107. The van der Waals surface area contributed by atoms with Gasteiger partial charge in [-0.2, -0.15) is 0 Å². The van der Waals surface area contributed by atoms with Gasteiger partial charge in [0.05, 0.1) is 6.33 Å². The molecule has 0 saturated carbocycles. The molecule has 36 heavy (non-hydrogen) atoms. The third kappa shape index (κ3) is 5.90. The maximum atomic E-state index is 13.6. The molecular weight excluding hydrogens is 464 g/mol. The second-order valence-corrected chi connectivity index (χ2v) is 8.26. The van der Waals surface area contributed by atoms with Crippen molar-refractivity contribution in [2.45, 2.75) is 19.5 Å². The third-order valence-electron chi connectivity index (χ3n) is 5.63. The molecule has 0 bridgehead atoms. The summed E-state index contributed by atoms with van der Waals surface area (Å²) in [5.41, 5.74) is 3.79. The smallest absolute Gasteiger partial charge is 0.325 e. The number of carboxylic acids is 1. The van der Waals surface area contributed by atoms with Crippen LogP contribution in [-0.4, -0.2) is 32.6 Å². The number of hydrogen-bond acceptors (Lipinski definition) is 3. The average Bonchev–Trinajstić information content (AvgIpc) is 3.37. The van der Waals surface area contributed by atoms with Crippen LogP contribution in [0.25, 0.3) is 22.8 Å². The molecule has 1 unspecified atom stereocenters. The lowest BCUT2D eigenvalue weighted by molar-refractivity contribution is -0.138. The molecule has 1 aromatic heterocycles.